The van der Waals surface area contributed by atoms with Crippen LogP contribution in [-0.2, 0) is 0 Å². The Morgan fingerprint density at radius 3 is 2.53 bits per heavy atom. The summed E-state index contributed by atoms with van der Waals surface area (Å²) in [6, 6.07) is 16.3. The van der Waals surface area contributed by atoms with E-state index >= 15 is 0 Å². The van der Waals surface area contributed by atoms with Gasteiger partial charge in [-0.15, -0.1) is 11.3 Å². The van der Waals surface area contributed by atoms with Gasteiger partial charge in [0.25, 0.3) is 11.8 Å². The highest BCUT2D eigenvalue weighted by atomic mass is 32.2. The van der Waals surface area contributed by atoms with E-state index < -0.39 is 5.91 Å². The number of carbonyl (C=O) groups is 2. The van der Waals surface area contributed by atoms with Crippen molar-refractivity contribution in [1.82, 2.24) is 9.97 Å². The van der Waals surface area contributed by atoms with Gasteiger partial charge < -0.3 is 16.8 Å². The van der Waals surface area contributed by atoms with Gasteiger partial charge in [-0.25, -0.2) is 9.97 Å². The molecule has 0 saturated heterocycles. The first kappa shape index (κ1) is 19.9. The molecule has 2 aromatic heterocycles. The van der Waals surface area contributed by atoms with Gasteiger partial charge in [0.15, 0.2) is 5.16 Å². The molecule has 4 aromatic rings. The molecule has 0 bridgehead atoms. The predicted molar refractivity (Wildman–Crippen MR) is 122 cm³/mol. The van der Waals surface area contributed by atoms with Gasteiger partial charge in [-0.3, -0.25) is 9.59 Å². The Labute approximate surface area is 180 Å². The molecule has 30 heavy (non-hydrogen) atoms. The Bertz CT molecular complexity index is 1270. The van der Waals surface area contributed by atoms with Crippen molar-refractivity contribution >= 4 is 56.5 Å². The molecular weight excluding hydrogens is 418 g/mol. The van der Waals surface area contributed by atoms with E-state index in [-0.39, 0.29) is 16.5 Å². The van der Waals surface area contributed by atoms with Crippen LogP contribution in [0.5, 0.6) is 0 Å². The van der Waals surface area contributed by atoms with Gasteiger partial charge in [0.05, 0.1) is 16.8 Å². The smallest absolute Gasteiger partial charge is 0.260 e. The molecule has 0 spiro atoms. The number of benzene rings is 2. The van der Waals surface area contributed by atoms with Crippen LogP contribution in [0.4, 0.5) is 11.4 Å². The number of thiophene rings is 1. The number of primary amides is 1. The molecule has 2 heterocycles. The molecule has 2 aromatic carbocycles. The minimum atomic E-state index is -0.601. The monoisotopic (exact) mass is 435 g/mol. The quantitative estimate of drug-likeness (QED) is 0.321. The van der Waals surface area contributed by atoms with E-state index in [9.17, 15) is 9.59 Å². The number of fused-ring (bicyclic) bond motifs is 1. The van der Waals surface area contributed by atoms with Gasteiger partial charge in [-0.05, 0) is 30.5 Å². The van der Waals surface area contributed by atoms with Crippen molar-refractivity contribution < 1.29 is 9.59 Å². The summed E-state index contributed by atoms with van der Waals surface area (Å²) in [6.07, 6.45) is 1.87. The number of hydrogen-bond acceptors (Lipinski definition) is 7. The maximum absolute atomic E-state index is 12.5. The van der Waals surface area contributed by atoms with Gasteiger partial charge in [0.1, 0.15) is 9.71 Å². The summed E-state index contributed by atoms with van der Waals surface area (Å²) >= 11 is 2.53. The maximum atomic E-state index is 12.5. The Balaban J connectivity index is 1.80. The van der Waals surface area contributed by atoms with Crippen molar-refractivity contribution in [3.8, 4) is 11.3 Å². The molecule has 0 atom stereocenters. The predicted octanol–water partition coefficient (Wildman–Crippen LogP) is 4.01. The molecule has 0 radical (unpaired) electrons. The highest BCUT2D eigenvalue weighted by Gasteiger charge is 2.21. The number of aromatic nitrogens is 2. The third kappa shape index (κ3) is 3.72. The summed E-state index contributed by atoms with van der Waals surface area (Å²) in [5.74, 6) is -0.813. The highest BCUT2D eigenvalue weighted by Crippen LogP contribution is 2.39. The number of anilines is 2. The minimum Gasteiger partial charge on any atom is -0.397 e. The molecule has 9 heteroatoms. The summed E-state index contributed by atoms with van der Waals surface area (Å²) in [5, 5.41) is 4.02. The summed E-state index contributed by atoms with van der Waals surface area (Å²) in [5.41, 5.74) is 14.4. The lowest BCUT2D eigenvalue weighted by molar-refractivity contribution is 0.100. The average molecular weight is 436 g/mol. The molecule has 150 valence electrons. The summed E-state index contributed by atoms with van der Waals surface area (Å²) < 4.78 is 0. The lowest BCUT2D eigenvalue weighted by Crippen LogP contribution is -2.11. The second-order valence-electron chi connectivity index (χ2n) is 6.35. The van der Waals surface area contributed by atoms with Crippen LogP contribution >= 0.6 is 23.1 Å². The van der Waals surface area contributed by atoms with Gasteiger partial charge in [-0.1, -0.05) is 42.1 Å². The number of hydrogen-bond donors (Lipinski definition) is 3. The van der Waals surface area contributed by atoms with E-state index in [1.807, 2.05) is 42.7 Å². The van der Waals surface area contributed by atoms with Gasteiger partial charge >= 0.3 is 0 Å². The van der Waals surface area contributed by atoms with Gasteiger partial charge in [-0.2, -0.15) is 0 Å². The molecule has 0 aliphatic rings. The standard InChI is InChI=1S/C21H17N5O2S2/c1-29-21-25-16(14-15(22)17(18(23)27)30-20(14)26-21)12-8-5-9-13(10-12)24-19(28)11-6-3-2-4-7-11/h2-10H,22H2,1H3,(H2,23,27)(H,24,28). The average Bonchev–Trinajstić information content (AvgIpc) is 3.10. The number of nitrogens with one attached hydrogen (secondary N) is 1. The largest absolute Gasteiger partial charge is 0.397 e. The normalized spacial score (nSPS) is 10.8. The van der Waals surface area contributed by atoms with Crippen LogP contribution < -0.4 is 16.8 Å². The van der Waals surface area contributed by atoms with Crippen LogP contribution in [0.3, 0.4) is 0 Å². The topological polar surface area (TPSA) is 124 Å². The summed E-state index contributed by atoms with van der Waals surface area (Å²) in [4.78, 5) is 34.2. The number of thioether (sulfide) groups is 1. The fourth-order valence-corrected chi connectivity index (χ4v) is 4.39. The second kappa shape index (κ2) is 8.13. The first-order valence-electron chi connectivity index (χ1n) is 8.88. The SMILES string of the molecule is CSc1nc(-c2cccc(NC(=O)c3ccccc3)c2)c2c(N)c(C(N)=O)sc2n1. The molecule has 0 fully saturated rings. The summed E-state index contributed by atoms with van der Waals surface area (Å²) in [7, 11) is 0. The van der Waals surface area contributed by atoms with E-state index in [2.05, 4.69) is 15.3 Å². The molecule has 0 unspecified atom stereocenters. The van der Waals surface area contributed by atoms with Crippen molar-refractivity contribution in [2.75, 3.05) is 17.3 Å². The molecule has 0 saturated carbocycles. The maximum Gasteiger partial charge on any atom is 0.260 e. The zero-order valence-electron chi connectivity index (χ0n) is 15.9. The zero-order chi connectivity index (χ0) is 21.3. The fraction of sp³-hybridized carbons (Fsp3) is 0.0476. The first-order chi connectivity index (χ1) is 14.5. The first-order valence-corrected chi connectivity index (χ1v) is 10.9. The van der Waals surface area contributed by atoms with Crippen molar-refractivity contribution in [3.63, 3.8) is 0 Å². The van der Waals surface area contributed by atoms with Crippen molar-refractivity contribution in [2.24, 2.45) is 5.73 Å². The van der Waals surface area contributed by atoms with Crippen molar-refractivity contribution in [1.29, 1.82) is 0 Å². The van der Waals surface area contributed by atoms with Crippen LogP contribution in [0.1, 0.15) is 20.0 Å². The molecule has 4 rings (SSSR count). The Morgan fingerprint density at radius 1 is 1.07 bits per heavy atom. The lowest BCUT2D eigenvalue weighted by Gasteiger charge is -2.09. The lowest BCUT2D eigenvalue weighted by atomic mass is 10.1. The Kier molecular flexibility index (Phi) is 5.39. The van der Waals surface area contributed by atoms with Crippen molar-refractivity contribution in [2.45, 2.75) is 5.16 Å². The zero-order valence-corrected chi connectivity index (χ0v) is 17.5. The van der Waals surface area contributed by atoms with E-state index in [1.54, 1.807) is 18.2 Å². The Hall–Kier alpha value is -3.43. The summed E-state index contributed by atoms with van der Waals surface area (Å²) in [6.45, 7) is 0. The molecule has 0 aliphatic carbocycles. The number of rotatable bonds is 5. The third-order valence-corrected chi connectivity index (χ3v) is 6.07. The fourth-order valence-electron chi connectivity index (χ4n) is 3.02. The van der Waals surface area contributed by atoms with Crippen LogP contribution in [0.2, 0.25) is 0 Å². The second-order valence-corrected chi connectivity index (χ2v) is 8.12. The van der Waals surface area contributed by atoms with Gasteiger partial charge in [0, 0.05) is 16.8 Å². The number of amides is 2. The van der Waals surface area contributed by atoms with E-state index in [0.717, 1.165) is 16.9 Å². The van der Waals surface area contributed by atoms with Crippen LogP contribution in [0, 0.1) is 0 Å². The minimum absolute atomic E-state index is 0.212. The number of nitrogens with two attached hydrogens (primary N) is 2. The van der Waals surface area contributed by atoms with Crippen molar-refractivity contribution in [3.05, 3.63) is 65.0 Å². The molecule has 0 aliphatic heterocycles. The van der Waals surface area contributed by atoms with E-state index in [1.165, 1.54) is 11.8 Å². The highest BCUT2D eigenvalue weighted by molar-refractivity contribution is 7.98. The molecule has 2 amide bonds. The van der Waals surface area contributed by atoms with E-state index in [4.69, 9.17) is 11.5 Å². The van der Waals surface area contributed by atoms with Crippen LogP contribution in [0.15, 0.2) is 59.8 Å². The van der Waals surface area contributed by atoms with E-state index in [0.29, 0.717) is 32.3 Å². The third-order valence-electron chi connectivity index (χ3n) is 4.40. The van der Waals surface area contributed by atoms with Gasteiger partial charge in [0.2, 0.25) is 0 Å². The number of nitrogens with zero attached hydrogens (tertiary/aromatic N) is 2. The van der Waals surface area contributed by atoms with Crippen LogP contribution in [-0.4, -0.2) is 28.0 Å². The molecule has 5 N–H and O–H groups in total. The molecule has 7 nitrogen and oxygen atoms in total. The Morgan fingerprint density at radius 2 is 1.83 bits per heavy atom. The molecular formula is C21H17N5O2S2. The van der Waals surface area contributed by atoms with Crippen LogP contribution in [0.25, 0.3) is 21.5 Å². The number of carbonyl (C=O) groups excluding carboxylic acids is 2. The number of nitrogen functional groups attached to an aromatic ring is 1.